The molecule has 0 heterocycles. The van der Waals surface area contributed by atoms with Gasteiger partial charge in [-0.1, -0.05) is 15.9 Å². The normalized spacial score (nSPS) is 15.1. The van der Waals surface area contributed by atoms with Crippen LogP contribution in [0.15, 0.2) is 22.7 Å². The molecule has 0 spiro atoms. The van der Waals surface area contributed by atoms with E-state index in [9.17, 15) is 18.0 Å². The lowest BCUT2D eigenvalue weighted by Crippen LogP contribution is -2.33. The molecule has 0 aromatic heterocycles. The van der Waals surface area contributed by atoms with E-state index in [1.165, 1.54) is 12.1 Å². The summed E-state index contributed by atoms with van der Waals surface area (Å²) in [6.07, 6.45) is -2.43. The van der Waals surface area contributed by atoms with Gasteiger partial charge in [0.1, 0.15) is 0 Å². The zero-order chi connectivity index (χ0) is 14.9. The predicted octanol–water partition coefficient (Wildman–Crippen LogP) is 3.50. The minimum absolute atomic E-state index is 0.00801. The summed E-state index contributed by atoms with van der Waals surface area (Å²) in [4.78, 5) is 13.4. The second-order valence-corrected chi connectivity index (χ2v) is 5.64. The number of alkyl halides is 3. The van der Waals surface area contributed by atoms with Gasteiger partial charge in [0.05, 0.1) is 12.1 Å². The Bertz CT molecular complexity index is 515. The van der Waals surface area contributed by atoms with E-state index >= 15 is 0 Å². The van der Waals surface area contributed by atoms with Gasteiger partial charge >= 0.3 is 6.18 Å². The lowest BCUT2D eigenvalue weighted by molar-refractivity contribution is -0.138. The van der Waals surface area contributed by atoms with Gasteiger partial charge in [0.15, 0.2) is 0 Å². The highest BCUT2D eigenvalue weighted by Crippen LogP contribution is 2.36. The average molecular weight is 351 g/mol. The molecule has 1 fully saturated rings. The maximum absolute atomic E-state index is 12.7. The highest BCUT2D eigenvalue weighted by Gasteiger charge is 2.33. The highest BCUT2D eigenvalue weighted by molar-refractivity contribution is 9.10. The first-order valence-corrected chi connectivity index (χ1v) is 6.94. The zero-order valence-corrected chi connectivity index (χ0v) is 12.4. The standard InChI is InChI=1S/C13H14BrF3N2O/c1-19(9-3-4-9)12(20)7-18-8-2-5-11(14)10(6-8)13(15,16)17/h2,5-6,9,18H,3-4,7H2,1H3. The van der Waals surface area contributed by atoms with Gasteiger partial charge in [-0.05, 0) is 31.0 Å². The van der Waals surface area contributed by atoms with E-state index in [2.05, 4.69) is 21.2 Å². The van der Waals surface area contributed by atoms with E-state index in [-0.39, 0.29) is 22.6 Å². The van der Waals surface area contributed by atoms with E-state index in [1.807, 2.05) is 0 Å². The zero-order valence-electron chi connectivity index (χ0n) is 10.8. The molecule has 7 heteroatoms. The molecule has 20 heavy (non-hydrogen) atoms. The van der Waals surface area contributed by atoms with E-state index in [4.69, 9.17) is 0 Å². The second kappa shape index (κ2) is 5.63. The van der Waals surface area contributed by atoms with Crippen molar-refractivity contribution in [1.82, 2.24) is 4.90 Å². The molecule has 1 saturated carbocycles. The number of nitrogens with zero attached hydrogens (tertiary/aromatic N) is 1. The van der Waals surface area contributed by atoms with Gasteiger partial charge < -0.3 is 10.2 Å². The molecule has 0 unspecified atom stereocenters. The van der Waals surface area contributed by atoms with Crippen molar-refractivity contribution >= 4 is 27.5 Å². The van der Waals surface area contributed by atoms with Crippen LogP contribution < -0.4 is 5.32 Å². The molecule has 110 valence electrons. The number of likely N-dealkylation sites (N-methyl/N-ethyl adjacent to an activating group) is 1. The smallest absolute Gasteiger partial charge is 0.376 e. The van der Waals surface area contributed by atoms with Crippen LogP contribution in [0, 0.1) is 0 Å². The first kappa shape index (κ1) is 15.2. The number of hydrogen-bond acceptors (Lipinski definition) is 2. The van der Waals surface area contributed by atoms with E-state index in [0.717, 1.165) is 18.9 Å². The predicted molar refractivity (Wildman–Crippen MR) is 73.4 cm³/mol. The Balaban J connectivity index is 2.01. The second-order valence-electron chi connectivity index (χ2n) is 4.78. The quantitative estimate of drug-likeness (QED) is 0.901. The van der Waals surface area contributed by atoms with Gasteiger partial charge in [0, 0.05) is 23.2 Å². The first-order chi connectivity index (χ1) is 9.29. The van der Waals surface area contributed by atoms with Crippen LogP contribution in [0.2, 0.25) is 0 Å². The van der Waals surface area contributed by atoms with Gasteiger partial charge in [-0.25, -0.2) is 0 Å². The summed E-state index contributed by atoms with van der Waals surface area (Å²) in [5, 5.41) is 2.74. The average Bonchev–Trinajstić information content (AvgIpc) is 3.19. The lowest BCUT2D eigenvalue weighted by atomic mass is 10.2. The van der Waals surface area contributed by atoms with Crippen LogP contribution in [-0.2, 0) is 11.0 Å². The number of benzene rings is 1. The van der Waals surface area contributed by atoms with Crippen molar-refractivity contribution < 1.29 is 18.0 Å². The van der Waals surface area contributed by atoms with Crippen molar-refractivity contribution in [2.24, 2.45) is 0 Å². The molecule has 0 radical (unpaired) electrons. The summed E-state index contributed by atoms with van der Waals surface area (Å²) in [7, 11) is 1.71. The van der Waals surface area contributed by atoms with Crippen molar-refractivity contribution in [2.45, 2.75) is 25.1 Å². The number of carbonyl (C=O) groups excluding carboxylic acids is 1. The van der Waals surface area contributed by atoms with Gasteiger partial charge in [0.2, 0.25) is 5.91 Å². The summed E-state index contributed by atoms with van der Waals surface area (Å²) >= 11 is 2.87. The Hall–Kier alpha value is -1.24. The van der Waals surface area contributed by atoms with Crippen molar-refractivity contribution in [3.8, 4) is 0 Å². The summed E-state index contributed by atoms with van der Waals surface area (Å²) in [5.74, 6) is -0.121. The molecule has 1 aromatic carbocycles. The Morgan fingerprint density at radius 2 is 2.10 bits per heavy atom. The Kier molecular flexibility index (Phi) is 4.27. The van der Waals surface area contributed by atoms with E-state index in [0.29, 0.717) is 6.04 Å². The molecular weight excluding hydrogens is 337 g/mol. The highest BCUT2D eigenvalue weighted by atomic mass is 79.9. The van der Waals surface area contributed by atoms with Crippen LogP contribution in [0.4, 0.5) is 18.9 Å². The van der Waals surface area contributed by atoms with Crippen LogP contribution in [0.1, 0.15) is 18.4 Å². The number of halogens is 4. The third kappa shape index (κ3) is 3.65. The maximum atomic E-state index is 12.7. The molecule has 3 nitrogen and oxygen atoms in total. The summed E-state index contributed by atoms with van der Waals surface area (Å²) in [6.45, 7) is -0.00801. The Labute approximate surface area is 123 Å². The van der Waals surface area contributed by atoms with Gasteiger partial charge in [-0.3, -0.25) is 4.79 Å². The molecule has 2 rings (SSSR count). The van der Waals surface area contributed by atoms with Crippen molar-refractivity contribution in [2.75, 3.05) is 18.9 Å². The molecule has 0 aliphatic heterocycles. The van der Waals surface area contributed by atoms with Gasteiger partial charge in [-0.2, -0.15) is 13.2 Å². The van der Waals surface area contributed by atoms with Crippen LogP contribution >= 0.6 is 15.9 Å². The minimum atomic E-state index is -4.43. The monoisotopic (exact) mass is 350 g/mol. The SMILES string of the molecule is CN(C(=O)CNc1ccc(Br)c(C(F)(F)F)c1)C1CC1. The number of nitrogens with one attached hydrogen (secondary N) is 1. The third-order valence-corrected chi connectivity index (χ3v) is 3.89. The van der Waals surface area contributed by atoms with Crippen LogP contribution in [0.5, 0.6) is 0 Å². The number of rotatable bonds is 4. The number of amides is 1. The molecule has 1 N–H and O–H groups in total. The first-order valence-electron chi connectivity index (χ1n) is 6.15. The minimum Gasteiger partial charge on any atom is -0.376 e. The van der Waals surface area contributed by atoms with Crippen molar-refractivity contribution in [1.29, 1.82) is 0 Å². The summed E-state index contributed by atoms with van der Waals surface area (Å²) < 4.78 is 38.2. The number of anilines is 1. The Morgan fingerprint density at radius 3 is 2.65 bits per heavy atom. The van der Waals surface area contributed by atoms with Crippen molar-refractivity contribution in [3.63, 3.8) is 0 Å². The third-order valence-electron chi connectivity index (χ3n) is 3.20. The number of hydrogen-bond donors (Lipinski definition) is 1. The fraction of sp³-hybridized carbons (Fsp3) is 0.462. The molecule has 1 amide bonds. The van der Waals surface area contributed by atoms with Gasteiger partial charge in [-0.15, -0.1) is 0 Å². The molecule has 1 aromatic rings. The van der Waals surface area contributed by atoms with Crippen molar-refractivity contribution in [3.05, 3.63) is 28.2 Å². The van der Waals surface area contributed by atoms with E-state index < -0.39 is 11.7 Å². The van der Waals surface area contributed by atoms with Crippen LogP contribution in [-0.4, -0.2) is 30.4 Å². The molecule has 0 atom stereocenters. The lowest BCUT2D eigenvalue weighted by Gasteiger charge is -2.17. The summed E-state index contributed by atoms with van der Waals surface area (Å²) in [5.41, 5.74) is -0.483. The van der Waals surface area contributed by atoms with Gasteiger partial charge in [0.25, 0.3) is 0 Å². The van der Waals surface area contributed by atoms with Crippen LogP contribution in [0.3, 0.4) is 0 Å². The topological polar surface area (TPSA) is 32.3 Å². The fourth-order valence-corrected chi connectivity index (χ4v) is 2.29. The molecule has 0 bridgehead atoms. The molecule has 1 aliphatic rings. The van der Waals surface area contributed by atoms with E-state index in [1.54, 1.807) is 11.9 Å². The Morgan fingerprint density at radius 1 is 1.45 bits per heavy atom. The molecule has 1 aliphatic carbocycles. The summed E-state index contributed by atoms with van der Waals surface area (Å²) in [6, 6.07) is 4.11. The largest absolute Gasteiger partial charge is 0.417 e. The number of carbonyl (C=O) groups is 1. The molecule has 0 saturated heterocycles. The molecular formula is C13H14BrF3N2O. The van der Waals surface area contributed by atoms with Crippen LogP contribution in [0.25, 0.3) is 0 Å². The maximum Gasteiger partial charge on any atom is 0.417 e. The fourth-order valence-electron chi connectivity index (χ4n) is 1.82.